The van der Waals surface area contributed by atoms with Crippen molar-refractivity contribution in [2.24, 2.45) is 0 Å². The molecule has 1 amide bonds. The topological polar surface area (TPSA) is 58.2 Å². The van der Waals surface area contributed by atoms with Gasteiger partial charge in [0.2, 0.25) is 0 Å². The Morgan fingerprint density at radius 2 is 2.04 bits per heavy atom. The number of imidazole rings is 1. The number of aromatic nitrogens is 2. The molecular weight excluding hydrogens is 382 g/mol. The van der Waals surface area contributed by atoms with Crippen LogP contribution in [0.3, 0.4) is 0 Å². The summed E-state index contributed by atoms with van der Waals surface area (Å²) in [6, 6.07) is 8.12. The summed E-state index contributed by atoms with van der Waals surface area (Å²) in [5.74, 6) is 1.35. The summed E-state index contributed by atoms with van der Waals surface area (Å²) >= 11 is 3.50. The molecule has 2 heterocycles. The number of benzene rings is 1. The Bertz CT molecular complexity index is 743. The van der Waals surface area contributed by atoms with Gasteiger partial charge in [0.15, 0.2) is 0 Å². The van der Waals surface area contributed by atoms with Crippen LogP contribution in [0.2, 0.25) is 0 Å². The third-order valence-electron chi connectivity index (χ3n) is 4.25. The zero-order valence-corrected chi connectivity index (χ0v) is 16.5. The summed E-state index contributed by atoms with van der Waals surface area (Å²) in [6.45, 7) is 7.08. The molecule has 0 spiro atoms. The molecule has 1 aliphatic heterocycles. The van der Waals surface area contributed by atoms with Crippen LogP contribution in [0.1, 0.15) is 45.4 Å². The normalized spacial score (nSPS) is 16.1. The molecule has 2 aromatic rings. The van der Waals surface area contributed by atoms with Crippen LogP contribution in [0.25, 0.3) is 11.3 Å². The van der Waals surface area contributed by atoms with E-state index in [1.807, 2.05) is 39.1 Å². The number of likely N-dealkylation sites (tertiary alicyclic amines) is 1. The SMILES string of the molecule is CC(C)(C)OC(=O)N1CCC(c2nc(-c3cccc(Br)c3)c[nH]2)CC1. The second kappa shape index (κ2) is 7.20. The molecule has 0 bridgehead atoms. The van der Waals surface area contributed by atoms with Crippen LogP contribution >= 0.6 is 15.9 Å². The molecule has 5 nitrogen and oxygen atoms in total. The monoisotopic (exact) mass is 405 g/mol. The van der Waals surface area contributed by atoms with Crippen molar-refractivity contribution in [1.29, 1.82) is 0 Å². The van der Waals surface area contributed by atoms with E-state index in [-0.39, 0.29) is 6.09 Å². The van der Waals surface area contributed by atoms with Gasteiger partial charge in [0.05, 0.1) is 5.69 Å². The van der Waals surface area contributed by atoms with Gasteiger partial charge < -0.3 is 14.6 Å². The Morgan fingerprint density at radius 3 is 2.68 bits per heavy atom. The maximum Gasteiger partial charge on any atom is 0.410 e. The minimum absolute atomic E-state index is 0.222. The highest BCUT2D eigenvalue weighted by molar-refractivity contribution is 9.10. The number of nitrogens with zero attached hydrogens (tertiary/aromatic N) is 2. The molecule has 1 aromatic carbocycles. The lowest BCUT2D eigenvalue weighted by Gasteiger charge is -2.32. The number of piperidine rings is 1. The summed E-state index contributed by atoms with van der Waals surface area (Å²) in [7, 11) is 0. The van der Waals surface area contributed by atoms with Gasteiger partial charge in [-0.2, -0.15) is 0 Å². The number of rotatable bonds is 2. The van der Waals surface area contributed by atoms with Crippen molar-refractivity contribution in [3.8, 4) is 11.3 Å². The molecule has 0 unspecified atom stereocenters. The lowest BCUT2D eigenvalue weighted by Crippen LogP contribution is -2.41. The highest BCUT2D eigenvalue weighted by atomic mass is 79.9. The Balaban J connectivity index is 1.61. The van der Waals surface area contributed by atoms with Crippen LogP contribution in [0.5, 0.6) is 0 Å². The number of hydrogen-bond donors (Lipinski definition) is 1. The number of carbonyl (C=O) groups is 1. The smallest absolute Gasteiger partial charge is 0.410 e. The first-order chi connectivity index (χ1) is 11.8. The third kappa shape index (κ3) is 4.63. The lowest BCUT2D eigenvalue weighted by atomic mass is 9.96. The van der Waals surface area contributed by atoms with Gasteiger partial charge in [-0.3, -0.25) is 0 Å². The van der Waals surface area contributed by atoms with Gasteiger partial charge in [0.1, 0.15) is 11.4 Å². The van der Waals surface area contributed by atoms with E-state index < -0.39 is 5.60 Å². The summed E-state index contributed by atoms with van der Waals surface area (Å²) < 4.78 is 6.49. The minimum atomic E-state index is -0.451. The van der Waals surface area contributed by atoms with Crippen LogP contribution in [0, 0.1) is 0 Å². The predicted octanol–water partition coefficient (Wildman–Crippen LogP) is 4.95. The average Bonchev–Trinajstić information content (AvgIpc) is 3.03. The third-order valence-corrected chi connectivity index (χ3v) is 4.74. The van der Waals surface area contributed by atoms with E-state index in [1.165, 1.54) is 0 Å². The van der Waals surface area contributed by atoms with Crippen LogP contribution in [0.4, 0.5) is 4.79 Å². The van der Waals surface area contributed by atoms with Crippen LogP contribution < -0.4 is 0 Å². The van der Waals surface area contributed by atoms with E-state index in [2.05, 4.69) is 33.0 Å². The summed E-state index contributed by atoms with van der Waals surface area (Å²) in [4.78, 5) is 22.0. The first-order valence-electron chi connectivity index (χ1n) is 8.61. The number of hydrogen-bond acceptors (Lipinski definition) is 3. The van der Waals surface area contributed by atoms with Gasteiger partial charge in [-0.25, -0.2) is 9.78 Å². The number of amides is 1. The van der Waals surface area contributed by atoms with Crippen molar-refractivity contribution in [2.45, 2.75) is 45.1 Å². The number of aromatic amines is 1. The molecule has 134 valence electrons. The number of nitrogens with one attached hydrogen (secondary N) is 1. The fourth-order valence-electron chi connectivity index (χ4n) is 3.00. The molecule has 25 heavy (non-hydrogen) atoms. The standard InChI is InChI=1S/C19H24BrN3O2/c1-19(2,3)25-18(24)23-9-7-13(8-10-23)17-21-12-16(22-17)14-5-4-6-15(20)11-14/h4-6,11-13H,7-10H2,1-3H3,(H,21,22). The predicted molar refractivity (Wildman–Crippen MR) is 102 cm³/mol. The molecule has 0 aliphatic carbocycles. The van der Waals surface area contributed by atoms with Gasteiger partial charge in [0.25, 0.3) is 0 Å². The van der Waals surface area contributed by atoms with Gasteiger partial charge in [-0.1, -0.05) is 28.1 Å². The van der Waals surface area contributed by atoms with Gasteiger partial charge >= 0.3 is 6.09 Å². The highest BCUT2D eigenvalue weighted by Gasteiger charge is 2.28. The van der Waals surface area contributed by atoms with E-state index in [0.29, 0.717) is 19.0 Å². The molecular formula is C19H24BrN3O2. The van der Waals surface area contributed by atoms with Crippen molar-refractivity contribution in [1.82, 2.24) is 14.9 Å². The fourth-order valence-corrected chi connectivity index (χ4v) is 3.40. The summed E-state index contributed by atoms with van der Waals surface area (Å²) in [5.41, 5.74) is 1.59. The Morgan fingerprint density at radius 1 is 1.32 bits per heavy atom. The van der Waals surface area contributed by atoms with Gasteiger partial charge in [0, 0.05) is 35.2 Å². The Kier molecular flexibility index (Phi) is 5.18. The first kappa shape index (κ1) is 18.0. The fraction of sp³-hybridized carbons (Fsp3) is 0.474. The van der Waals surface area contributed by atoms with E-state index in [0.717, 1.165) is 34.4 Å². The van der Waals surface area contributed by atoms with Crippen molar-refractivity contribution in [2.75, 3.05) is 13.1 Å². The molecule has 0 saturated carbocycles. The number of halogens is 1. The second-order valence-electron chi connectivity index (χ2n) is 7.42. The molecule has 1 fully saturated rings. The molecule has 3 rings (SSSR count). The van der Waals surface area contributed by atoms with E-state index in [1.54, 1.807) is 4.90 Å². The van der Waals surface area contributed by atoms with Crippen molar-refractivity contribution in [3.63, 3.8) is 0 Å². The van der Waals surface area contributed by atoms with E-state index >= 15 is 0 Å². The van der Waals surface area contributed by atoms with Gasteiger partial charge in [-0.05, 0) is 45.7 Å². The Hall–Kier alpha value is -1.82. The molecule has 1 N–H and O–H groups in total. The van der Waals surface area contributed by atoms with Crippen molar-refractivity contribution in [3.05, 3.63) is 40.8 Å². The zero-order chi connectivity index (χ0) is 18.0. The quantitative estimate of drug-likeness (QED) is 0.768. The maximum atomic E-state index is 12.2. The zero-order valence-electron chi connectivity index (χ0n) is 14.9. The van der Waals surface area contributed by atoms with Crippen LogP contribution in [-0.2, 0) is 4.74 Å². The average molecular weight is 406 g/mol. The van der Waals surface area contributed by atoms with Crippen LogP contribution in [0.15, 0.2) is 34.9 Å². The number of H-pyrrole nitrogens is 1. The second-order valence-corrected chi connectivity index (χ2v) is 8.34. The molecule has 1 saturated heterocycles. The lowest BCUT2D eigenvalue weighted by molar-refractivity contribution is 0.0203. The molecule has 1 aromatic heterocycles. The number of carbonyl (C=O) groups excluding carboxylic acids is 1. The first-order valence-corrected chi connectivity index (χ1v) is 9.40. The van der Waals surface area contributed by atoms with Crippen molar-refractivity contribution < 1.29 is 9.53 Å². The molecule has 0 radical (unpaired) electrons. The molecule has 1 aliphatic rings. The van der Waals surface area contributed by atoms with Crippen LogP contribution in [-0.4, -0.2) is 39.7 Å². The Labute approximate surface area is 156 Å². The summed E-state index contributed by atoms with van der Waals surface area (Å²) in [6.07, 6.45) is 3.52. The largest absolute Gasteiger partial charge is 0.444 e. The highest BCUT2D eigenvalue weighted by Crippen LogP contribution is 2.29. The van der Waals surface area contributed by atoms with E-state index in [4.69, 9.17) is 9.72 Å². The van der Waals surface area contributed by atoms with Crippen molar-refractivity contribution >= 4 is 22.0 Å². The molecule has 6 heteroatoms. The maximum absolute atomic E-state index is 12.2. The van der Waals surface area contributed by atoms with Gasteiger partial charge in [-0.15, -0.1) is 0 Å². The number of ether oxygens (including phenoxy) is 1. The molecule has 0 atom stereocenters. The summed E-state index contributed by atoms with van der Waals surface area (Å²) in [5, 5.41) is 0. The minimum Gasteiger partial charge on any atom is -0.444 e. The van der Waals surface area contributed by atoms with E-state index in [9.17, 15) is 4.79 Å².